The van der Waals surface area contributed by atoms with Gasteiger partial charge in [0.1, 0.15) is 0 Å². The Morgan fingerprint density at radius 2 is 2.06 bits per heavy atom. The zero-order valence-electron chi connectivity index (χ0n) is 11.9. The highest BCUT2D eigenvalue weighted by Gasteiger charge is 2.40. The molecule has 3 rings (SSSR count). The third kappa shape index (κ3) is 2.24. The first-order chi connectivity index (χ1) is 8.78. The van der Waals surface area contributed by atoms with Gasteiger partial charge in [-0.1, -0.05) is 19.8 Å². The minimum absolute atomic E-state index is 0.581. The molecule has 0 bridgehead atoms. The number of hydrogen-bond acceptors (Lipinski definition) is 3. The van der Waals surface area contributed by atoms with Crippen LogP contribution in [0.1, 0.15) is 65.2 Å². The molecule has 102 valence electrons. The second-order valence-electron chi connectivity index (χ2n) is 6.41. The Morgan fingerprint density at radius 1 is 1.28 bits per heavy atom. The van der Waals surface area contributed by atoms with Gasteiger partial charge in [0.05, 0.1) is 6.04 Å². The summed E-state index contributed by atoms with van der Waals surface area (Å²) in [6, 6.07) is 2.73. The summed E-state index contributed by atoms with van der Waals surface area (Å²) < 4.78 is 0. The van der Waals surface area contributed by atoms with E-state index >= 15 is 0 Å². The van der Waals surface area contributed by atoms with E-state index in [4.69, 9.17) is 4.99 Å². The molecule has 0 unspecified atom stereocenters. The van der Waals surface area contributed by atoms with E-state index in [0.717, 1.165) is 12.1 Å². The zero-order chi connectivity index (χ0) is 12.5. The van der Waals surface area contributed by atoms with Crippen LogP contribution >= 0.6 is 0 Å². The molecule has 0 aliphatic carbocycles. The fourth-order valence-corrected chi connectivity index (χ4v) is 4.00. The number of piperidine rings is 1. The second kappa shape index (κ2) is 5.10. The van der Waals surface area contributed by atoms with Crippen LogP contribution in [0, 0.1) is 0 Å². The molecular formula is C15H27N3. The lowest BCUT2D eigenvalue weighted by Gasteiger charge is -2.52. The van der Waals surface area contributed by atoms with Crippen LogP contribution < -0.4 is 5.32 Å². The Labute approximate surface area is 111 Å². The number of guanidine groups is 1. The molecule has 2 fully saturated rings. The predicted octanol–water partition coefficient (Wildman–Crippen LogP) is 2.91. The Hall–Kier alpha value is -0.730. The van der Waals surface area contributed by atoms with Crippen molar-refractivity contribution in [3.63, 3.8) is 0 Å². The molecule has 4 atom stereocenters. The van der Waals surface area contributed by atoms with E-state index < -0.39 is 0 Å². The molecule has 3 nitrogen and oxygen atoms in total. The van der Waals surface area contributed by atoms with Crippen molar-refractivity contribution in [3.8, 4) is 0 Å². The first-order valence-corrected chi connectivity index (χ1v) is 7.90. The van der Waals surface area contributed by atoms with Gasteiger partial charge >= 0.3 is 0 Å². The zero-order valence-corrected chi connectivity index (χ0v) is 11.9. The highest BCUT2D eigenvalue weighted by molar-refractivity contribution is 5.82. The van der Waals surface area contributed by atoms with Gasteiger partial charge in [-0.15, -0.1) is 0 Å². The average Bonchev–Trinajstić information content (AvgIpc) is 2.36. The summed E-state index contributed by atoms with van der Waals surface area (Å²) in [5, 5.41) is 3.63. The van der Waals surface area contributed by atoms with E-state index in [1.54, 1.807) is 0 Å². The maximum atomic E-state index is 5.01. The van der Waals surface area contributed by atoms with E-state index in [9.17, 15) is 0 Å². The van der Waals surface area contributed by atoms with Crippen molar-refractivity contribution in [1.82, 2.24) is 10.2 Å². The highest BCUT2D eigenvalue weighted by atomic mass is 15.4. The van der Waals surface area contributed by atoms with Gasteiger partial charge in [0.15, 0.2) is 5.96 Å². The molecular weight excluding hydrogens is 222 g/mol. The molecule has 18 heavy (non-hydrogen) atoms. The van der Waals surface area contributed by atoms with Gasteiger partial charge in [-0.3, -0.25) is 0 Å². The summed E-state index contributed by atoms with van der Waals surface area (Å²) >= 11 is 0. The topological polar surface area (TPSA) is 27.6 Å². The predicted molar refractivity (Wildman–Crippen MR) is 75.8 cm³/mol. The number of nitrogens with zero attached hydrogens (tertiary/aromatic N) is 2. The smallest absolute Gasteiger partial charge is 0.194 e. The Kier molecular flexibility index (Phi) is 3.49. The fourth-order valence-electron chi connectivity index (χ4n) is 4.00. The van der Waals surface area contributed by atoms with E-state index in [2.05, 4.69) is 24.1 Å². The van der Waals surface area contributed by atoms with Crippen LogP contribution in [0.3, 0.4) is 0 Å². The van der Waals surface area contributed by atoms with Crippen LogP contribution in [-0.2, 0) is 0 Å². The van der Waals surface area contributed by atoms with Crippen LogP contribution in [0.5, 0.6) is 0 Å². The summed E-state index contributed by atoms with van der Waals surface area (Å²) in [5.41, 5.74) is 0. The number of hydrogen-bond donors (Lipinski definition) is 1. The molecule has 0 aromatic heterocycles. The second-order valence-corrected chi connectivity index (χ2v) is 6.41. The summed E-state index contributed by atoms with van der Waals surface area (Å²) in [5.74, 6) is 1.23. The Bertz CT molecular complexity index is 326. The largest absolute Gasteiger partial charge is 0.354 e. The fraction of sp³-hybridized carbons (Fsp3) is 0.933. The minimum Gasteiger partial charge on any atom is -0.354 e. The number of unbranched alkanes of at least 4 members (excludes halogenated alkanes) is 1. The number of rotatable bonds is 3. The average molecular weight is 249 g/mol. The van der Waals surface area contributed by atoms with Gasteiger partial charge in [0.2, 0.25) is 0 Å². The lowest BCUT2D eigenvalue weighted by atomic mass is 9.85. The summed E-state index contributed by atoms with van der Waals surface area (Å²) in [6.45, 7) is 4.58. The summed E-state index contributed by atoms with van der Waals surface area (Å²) in [4.78, 5) is 7.64. The van der Waals surface area contributed by atoms with Crippen molar-refractivity contribution in [3.05, 3.63) is 0 Å². The van der Waals surface area contributed by atoms with Gasteiger partial charge in [0.25, 0.3) is 0 Å². The monoisotopic (exact) mass is 249 g/mol. The molecule has 0 spiro atoms. The van der Waals surface area contributed by atoms with Crippen LogP contribution in [0.4, 0.5) is 0 Å². The van der Waals surface area contributed by atoms with Gasteiger partial charge in [-0.05, 0) is 45.4 Å². The van der Waals surface area contributed by atoms with Crippen molar-refractivity contribution in [2.75, 3.05) is 0 Å². The van der Waals surface area contributed by atoms with Gasteiger partial charge in [0, 0.05) is 18.1 Å². The molecule has 0 saturated carbocycles. The molecule has 0 aromatic carbocycles. The first-order valence-electron chi connectivity index (χ1n) is 7.90. The van der Waals surface area contributed by atoms with E-state index in [1.165, 1.54) is 57.3 Å². The van der Waals surface area contributed by atoms with Gasteiger partial charge in [-0.25, -0.2) is 4.99 Å². The third-order valence-corrected chi connectivity index (χ3v) is 4.85. The lowest BCUT2D eigenvalue weighted by molar-refractivity contribution is 0.102. The number of aliphatic imine (C=N–C) groups is 1. The normalized spacial score (nSPS) is 38.8. The Balaban J connectivity index is 1.78. The highest BCUT2D eigenvalue weighted by Crippen LogP contribution is 2.34. The van der Waals surface area contributed by atoms with Crippen molar-refractivity contribution >= 4 is 5.96 Å². The van der Waals surface area contributed by atoms with Crippen molar-refractivity contribution in [2.24, 2.45) is 4.99 Å². The molecule has 3 heterocycles. The van der Waals surface area contributed by atoms with Crippen LogP contribution in [0.2, 0.25) is 0 Å². The van der Waals surface area contributed by atoms with Crippen LogP contribution in [-0.4, -0.2) is 35.0 Å². The van der Waals surface area contributed by atoms with Crippen molar-refractivity contribution in [2.45, 2.75) is 89.4 Å². The maximum Gasteiger partial charge on any atom is 0.194 e. The third-order valence-electron chi connectivity index (χ3n) is 4.85. The van der Waals surface area contributed by atoms with Crippen LogP contribution in [0.15, 0.2) is 4.99 Å². The molecule has 0 aromatic rings. The van der Waals surface area contributed by atoms with Gasteiger partial charge in [-0.2, -0.15) is 0 Å². The standard InChI is InChI=1S/C15H27N3/c1-3-4-6-12-10-14-8-5-7-13-9-11(2)16-15(17-12)18(13)14/h11-14H,3-10H2,1-2H3,(H,16,17)/t11-,12+,13+,14-/m1/s1. The SMILES string of the molecule is CCCC[C@H]1C[C@H]2CCC[C@H]3C[C@@H](C)NC(=N1)N23. The van der Waals surface area contributed by atoms with E-state index in [1.807, 2.05) is 0 Å². The molecule has 3 aliphatic rings. The molecule has 1 N–H and O–H groups in total. The molecule has 3 heteroatoms. The molecule has 3 aliphatic heterocycles. The van der Waals surface area contributed by atoms with Crippen molar-refractivity contribution < 1.29 is 0 Å². The molecule has 0 amide bonds. The Morgan fingerprint density at radius 3 is 2.83 bits per heavy atom. The lowest BCUT2D eigenvalue weighted by Crippen LogP contribution is -2.64. The van der Waals surface area contributed by atoms with Gasteiger partial charge < -0.3 is 10.2 Å². The van der Waals surface area contributed by atoms with E-state index in [-0.39, 0.29) is 0 Å². The van der Waals surface area contributed by atoms with Crippen molar-refractivity contribution in [1.29, 1.82) is 0 Å². The summed E-state index contributed by atoms with van der Waals surface area (Å²) in [7, 11) is 0. The molecule has 0 radical (unpaired) electrons. The van der Waals surface area contributed by atoms with E-state index in [0.29, 0.717) is 12.1 Å². The van der Waals surface area contributed by atoms with Crippen LogP contribution in [0.25, 0.3) is 0 Å². The minimum atomic E-state index is 0.581. The summed E-state index contributed by atoms with van der Waals surface area (Å²) in [6.07, 6.45) is 10.7. The number of nitrogens with one attached hydrogen (secondary N) is 1. The first kappa shape index (κ1) is 12.3. The quantitative estimate of drug-likeness (QED) is 0.833. The maximum absolute atomic E-state index is 5.01. The molecule has 2 saturated heterocycles.